The lowest BCUT2D eigenvalue weighted by molar-refractivity contribution is 0.708. The highest BCUT2D eigenvalue weighted by Gasteiger charge is 2.10. The zero-order valence-corrected chi connectivity index (χ0v) is 15.9. The van der Waals surface area contributed by atoms with E-state index in [-0.39, 0.29) is 30.0 Å². The van der Waals surface area contributed by atoms with E-state index in [1.54, 1.807) is 29.7 Å². The van der Waals surface area contributed by atoms with Crippen molar-refractivity contribution in [1.29, 1.82) is 0 Å². The van der Waals surface area contributed by atoms with Crippen LogP contribution >= 0.6 is 58.5 Å². The molecule has 0 saturated carbocycles. The molecule has 21 heavy (non-hydrogen) atoms. The Hall–Kier alpha value is -0.570. The molecule has 0 bridgehead atoms. The Bertz CT molecular complexity index is 604. The highest BCUT2D eigenvalue weighted by atomic mass is 127. The lowest BCUT2D eigenvalue weighted by Crippen LogP contribution is -2.33. The third-order valence-electron chi connectivity index (χ3n) is 2.66. The number of nitrogens with one attached hydrogen (secondary N) is 1. The van der Waals surface area contributed by atoms with E-state index >= 15 is 0 Å². The molecule has 4 nitrogen and oxygen atoms in total. The van der Waals surface area contributed by atoms with Crippen molar-refractivity contribution in [2.24, 2.45) is 10.7 Å². The van der Waals surface area contributed by atoms with Crippen LogP contribution in [0.1, 0.15) is 23.5 Å². The van der Waals surface area contributed by atoms with Crippen molar-refractivity contribution in [2.75, 3.05) is 0 Å². The van der Waals surface area contributed by atoms with Crippen molar-refractivity contribution >= 4 is 64.5 Å². The fourth-order valence-electron chi connectivity index (χ4n) is 1.68. The summed E-state index contributed by atoms with van der Waals surface area (Å²) in [6.07, 6.45) is 1.75. The van der Waals surface area contributed by atoms with Gasteiger partial charge >= 0.3 is 0 Å². The van der Waals surface area contributed by atoms with Crippen molar-refractivity contribution in [2.45, 2.75) is 19.5 Å². The van der Waals surface area contributed by atoms with Crippen molar-refractivity contribution in [3.63, 3.8) is 0 Å². The average molecular weight is 457 g/mol. The Labute approximate surface area is 154 Å². The minimum absolute atomic E-state index is 0. The van der Waals surface area contributed by atoms with Crippen molar-refractivity contribution < 1.29 is 0 Å². The van der Waals surface area contributed by atoms with E-state index in [0.717, 1.165) is 10.6 Å². The molecule has 0 saturated heterocycles. The fourth-order valence-corrected chi connectivity index (χ4v) is 2.79. The maximum absolute atomic E-state index is 6.15. The van der Waals surface area contributed by atoms with E-state index in [2.05, 4.69) is 15.3 Å². The SMILES string of the molecule is CC(NC(N)=NCc1nccs1)c1ccc(Cl)cc1Cl.I. The first-order valence-electron chi connectivity index (χ1n) is 5.96. The van der Waals surface area contributed by atoms with Gasteiger partial charge in [0.2, 0.25) is 0 Å². The molecule has 1 atom stereocenters. The Morgan fingerprint density at radius 1 is 1.48 bits per heavy atom. The van der Waals surface area contributed by atoms with Gasteiger partial charge in [-0.15, -0.1) is 35.3 Å². The first-order valence-corrected chi connectivity index (χ1v) is 7.59. The van der Waals surface area contributed by atoms with Crippen LogP contribution in [0.2, 0.25) is 10.0 Å². The molecule has 3 N–H and O–H groups in total. The maximum Gasteiger partial charge on any atom is 0.189 e. The molecule has 0 aliphatic heterocycles. The Kier molecular flexibility index (Phi) is 7.72. The number of nitrogens with zero attached hydrogens (tertiary/aromatic N) is 2. The van der Waals surface area contributed by atoms with Crippen LogP contribution in [0.4, 0.5) is 0 Å². The largest absolute Gasteiger partial charge is 0.370 e. The summed E-state index contributed by atoms with van der Waals surface area (Å²) in [5, 5.41) is 7.14. The summed E-state index contributed by atoms with van der Waals surface area (Å²) in [5.74, 6) is 0.360. The van der Waals surface area contributed by atoms with Gasteiger partial charge in [-0.3, -0.25) is 0 Å². The van der Waals surface area contributed by atoms with Gasteiger partial charge in [0.05, 0.1) is 12.6 Å². The normalized spacial score (nSPS) is 12.6. The molecule has 0 spiro atoms. The molecule has 1 unspecified atom stereocenters. The third kappa shape index (κ3) is 5.61. The minimum Gasteiger partial charge on any atom is -0.370 e. The zero-order chi connectivity index (χ0) is 14.5. The van der Waals surface area contributed by atoms with E-state index in [1.165, 1.54) is 0 Å². The Balaban J connectivity index is 0.00000220. The first-order chi connectivity index (χ1) is 9.56. The van der Waals surface area contributed by atoms with Crippen LogP contribution in [0, 0.1) is 0 Å². The topological polar surface area (TPSA) is 63.3 Å². The van der Waals surface area contributed by atoms with Gasteiger partial charge in [-0.05, 0) is 24.6 Å². The molecule has 114 valence electrons. The van der Waals surface area contributed by atoms with E-state index in [9.17, 15) is 0 Å². The zero-order valence-electron chi connectivity index (χ0n) is 11.2. The monoisotopic (exact) mass is 456 g/mol. The van der Waals surface area contributed by atoms with Crippen LogP contribution in [0.5, 0.6) is 0 Å². The van der Waals surface area contributed by atoms with Gasteiger partial charge in [-0.1, -0.05) is 29.3 Å². The predicted octanol–water partition coefficient (Wildman–Crippen LogP) is 4.23. The minimum atomic E-state index is -0.0557. The van der Waals surface area contributed by atoms with E-state index in [1.807, 2.05) is 18.4 Å². The lowest BCUT2D eigenvalue weighted by atomic mass is 10.1. The second-order valence-electron chi connectivity index (χ2n) is 4.16. The summed E-state index contributed by atoms with van der Waals surface area (Å²) in [5.41, 5.74) is 6.77. The van der Waals surface area contributed by atoms with Crippen molar-refractivity contribution in [3.05, 3.63) is 50.4 Å². The van der Waals surface area contributed by atoms with Crippen molar-refractivity contribution in [3.8, 4) is 0 Å². The van der Waals surface area contributed by atoms with Gasteiger partial charge < -0.3 is 11.1 Å². The van der Waals surface area contributed by atoms with Gasteiger partial charge in [-0.2, -0.15) is 0 Å². The molecular formula is C13H15Cl2IN4S. The molecule has 2 rings (SSSR count). The third-order valence-corrected chi connectivity index (χ3v) is 3.99. The number of nitrogens with two attached hydrogens (primary N) is 1. The number of benzene rings is 1. The van der Waals surface area contributed by atoms with Crippen LogP contribution in [0.15, 0.2) is 34.8 Å². The summed E-state index contributed by atoms with van der Waals surface area (Å²) >= 11 is 13.6. The highest BCUT2D eigenvalue weighted by Crippen LogP contribution is 2.25. The molecular weight excluding hydrogens is 442 g/mol. The quantitative estimate of drug-likeness (QED) is 0.411. The summed E-state index contributed by atoms with van der Waals surface area (Å²) in [6.45, 7) is 2.43. The molecule has 0 aliphatic carbocycles. The number of guanidine groups is 1. The smallest absolute Gasteiger partial charge is 0.189 e. The number of hydrogen-bond donors (Lipinski definition) is 2. The molecule has 8 heteroatoms. The number of halogens is 3. The number of aromatic nitrogens is 1. The molecule has 0 amide bonds. The highest BCUT2D eigenvalue weighted by molar-refractivity contribution is 14.0. The Morgan fingerprint density at radius 3 is 2.86 bits per heavy atom. The molecule has 0 radical (unpaired) electrons. The average Bonchev–Trinajstić information content (AvgIpc) is 2.89. The van der Waals surface area contributed by atoms with Crippen LogP contribution in [0.3, 0.4) is 0 Å². The standard InChI is InChI=1S/C13H14Cl2N4S.HI/c1-8(10-3-2-9(14)6-11(10)15)19-13(16)18-7-12-17-4-5-20-12;/h2-6,8H,7H2,1H3,(H3,16,18,19);1H. The summed E-state index contributed by atoms with van der Waals surface area (Å²) in [7, 11) is 0. The summed E-state index contributed by atoms with van der Waals surface area (Å²) < 4.78 is 0. The lowest BCUT2D eigenvalue weighted by Gasteiger charge is -2.16. The molecule has 1 heterocycles. The van der Waals surface area contributed by atoms with Crippen LogP contribution < -0.4 is 11.1 Å². The van der Waals surface area contributed by atoms with Crippen molar-refractivity contribution in [1.82, 2.24) is 10.3 Å². The Morgan fingerprint density at radius 2 is 2.24 bits per heavy atom. The van der Waals surface area contributed by atoms with Crippen LogP contribution in [-0.2, 0) is 6.54 Å². The molecule has 0 fully saturated rings. The second kappa shape index (κ2) is 8.77. The van der Waals surface area contributed by atoms with Crippen LogP contribution in [-0.4, -0.2) is 10.9 Å². The number of hydrogen-bond acceptors (Lipinski definition) is 3. The number of thiazole rings is 1. The molecule has 1 aromatic heterocycles. The summed E-state index contributed by atoms with van der Waals surface area (Å²) in [4.78, 5) is 8.38. The molecule has 0 aliphatic rings. The second-order valence-corrected chi connectivity index (χ2v) is 5.98. The maximum atomic E-state index is 6.15. The molecule has 2 aromatic rings. The predicted molar refractivity (Wildman–Crippen MR) is 101 cm³/mol. The number of rotatable bonds is 4. The first kappa shape index (κ1) is 18.5. The fraction of sp³-hybridized carbons (Fsp3) is 0.231. The molecule has 1 aromatic carbocycles. The van der Waals surface area contributed by atoms with E-state index < -0.39 is 0 Å². The van der Waals surface area contributed by atoms with Gasteiger partial charge in [0.25, 0.3) is 0 Å². The van der Waals surface area contributed by atoms with Gasteiger partial charge in [0, 0.05) is 21.6 Å². The van der Waals surface area contributed by atoms with Gasteiger partial charge in [0.1, 0.15) is 5.01 Å². The van der Waals surface area contributed by atoms with Crippen LogP contribution in [0.25, 0.3) is 0 Å². The number of aliphatic imine (C=N–C) groups is 1. The van der Waals surface area contributed by atoms with E-state index in [4.69, 9.17) is 28.9 Å². The van der Waals surface area contributed by atoms with Gasteiger partial charge in [0.15, 0.2) is 5.96 Å². The van der Waals surface area contributed by atoms with E-state index in [0.29, 0.717) is 22.5 Å². The summed E-state index contributed by atoms with van der Waals surface area (Å²) in [6, 6.07) is 5.32. The van der Waals surface area contributed by atoms with Gasteiger partial charge in [-0.25, -0.2) is 9.98 Å².